The van der Waals surface area contributed by atoms with Crippen molar-refractivity contribution in [3.8, 4) is 0 Å². The summed E-state index contributed by atoms with van der Waals surface area (Å²) >= 11 is 11.7. The predicted molar refractivity (Wildman–Crippen MR) is 81.1 cm³/mol. The summed E-state index contributed by atoms with van der Waals surface area (Å²) in [5, 5.41) is 13.9. The van der Waals surface area contributed by atoms with Gasteiger partial charge < -0.3 is 5.11 Å². The maximum atomic E-state index is 10.7. The van der Waals surface area contributed by atoms with Crippen LogP contribution in [0, 0.1) is 0 Å². The Morgan fingerprint density at radius 1 is 1.10 bits per heavy atom. The number of anilines is 1. The Bertz CT molecular complexity index is 634. The lowest BCUT2D eigenvalue weighted by Crippen LogP contribution is -1.96. The molecule has 0 aromatic heterocycles. The monoisotopic (exact) mass is 308 g/mol. The summed E-state index contributed by atoms with van der Waals surface area (Å²) in [7, 11) is 0. The van der Waals surface area contributed by atoms with Crippen LogP contribution < -0.4 is 5.43 Å². The van der Waals surface area contributed by atoms with E-state index in [-0.39, 0.29) is 5.56 Å². The molecule has 2 aromatic carbocycles. The van der Waals surface area contributed by atoms with Gasteiger partial charge in [0.25, 0.3) is 0 Å². The van der Waals surface area contributed by atoms with Gasteiger partial charge in [-0.05, 0) is 48.0 Å². The van der Waals surface area contributed by atoms with Crippen molar-refractivity contribution in [2.45, 2.75) is 0 Å². The van der Waals surface area contributed by atoms with E-state index >= 15 is 0 Å². The van der Waals surface area contributed by atoms with E-state index in [1.54, 1.807) is 36.5 Å². The summed E-state index contributed by atoms with van der Waals surface area (Å²) in [5.74, 6) is -0.964. The fourth-order valence-electron chi connectivity index (χ4n) is 1.52. The van der Waals surface area contributed by atoms with Crippen LogP contribution in [0.1, 0.15) is 15.9 Å². The molecule has 0 aliphatic carbocycles. The van der Waals surface area contributed by atoms with E-state index in [9.17, 15) is 4.79 Å². The highest BCUT2D eigenvalue weighted by molar-refractivity contribution is 6.35. The summed E-state index contributed by atoms with van der Waals surface area (Å²) in [6.45, 7) is 0. The third-order valence-electron chi connectivity index (χ3n) is 2.42. The van der Waals surface area contributed by atoms with Crippen molar-refractivity contribution in [1.82, 2.24) is 0 Å². The second-order valence-corrected chi connectivity index (χ2v) is 4.83. The molecular weight excluding hydrogens is 299 g/mol. The van der Waals surface area contributed by atoms with Crippen LogP contribution in [-0.2, 0) is 0 Å². The number of nitrogens with one attached hydrogen (secondary N) is 1. The molecule has 0 aliphatic rings. The molecule has 0 fully saturated rings. The first-order chi connectivity index (χ1) is 9.54. The number of halogens is 2. The summed E-state index contributed by atoms with van der Waals surface area (Å²) in [5.41, 5.74) is 4.45. The molecule has 0 saturated heterocycles. The van der Waals surface area contributed by atoms with Crippen molar-refractivity contribution in [3.05, 3.63) is 63.6 Å². The molecule has 0 amide bonds. The van der Waals surface area contributed by atoms with Crippen LogP contribution in [0.25, 0.3) is 0 Å². The summed E-state index contributed by atoms with van der Waals surface area (Å²) in [6, 6.07) is 11.3. The molecule has 4 nitrogen and oxygen atoms in total. The first-order valence-corrected chi connectivity index (χ1v) is 6.39. The highest BCUT2D eigenvalue weighted by Gasteiger charge is 2.00. The normalized spacial score (nSPS) is 10.7. The number of carboxylic acid groups (broad SMARTS) is 1. The van der Waals surface area contributed by atoms with Crippen molar-refractivity contribution >= 4 is 41.1 Å². The smallest absolute Gasteiger partial charge is 0.335 e. The highest BCUT2D eigenvalue weighted by Crippen LogP contribution is 2.18. The summed E-state index contributed by atoms with van der Waals surface area (Å²) < 4.78 is 0. The first-order valence-electron chi connectivity index (χ1n) is 5.63. The van der Waals surface area contributed by atoms with E-state index in [0.29, 0.717) is 15.7 Å². The van der Waals surface area contributed by atoms with E-state index in [0.717, 1.165) is 5.56 Å². The molecule has 0 saturated carbocycles. The Kier molecular flexibility index (Phi) is 4.61. The Labute approximate surface area is 125 Å². The van der Waals surface area contributed by atoms with Gasteiger partial charge in [0.1, 0.15) is 0 Å². The van der Waals surface area contributed by atoms with Gasteiger partial charge in [0.2, 0.25) is 0 Å². The lowest BCUT2D eigenvalue weighted by Gasteiger charge is -2.01. The molecule has 0 spiro atoms. The summed E-state index contributed by atoms with van der Waals surface area (Å²) in [4.78, 5) is 10.7. The van der Waals surface area contributed by atoms with E-state index in [1.165, 1.54) is 12.1 Å². The Balaban J connectivity index is 2.04. The number of rotatable bonds is 4. The minimum absolute atomic E-state index is 0.223. The molecule has 2 aromatic rings. The molecule has 0 unspecified atom stereocenters. The average Bonchev–Trinajstić information content (AvgIpc) is 2.38. The topological polar surface area (TPSA) is 61.7 Å². The molecule has 2 rings (SSSR count). The van der Waals surface area contributed by atoms with Gasteiger partial charge in [-0.25, -0.2) is 4.79 Å². The number of benzene rings is 2. The Morgan fingerprint density at radius 3 is 2.25 bits per heavy atom. The second kappa shape index (κ2) is 6.41. The summed E-state index contributed by atoms with van der Waals surface area (Å²) in [6.07, 6.45) is 1.57. The minimum Gasteiger partial charge on any atom is -0.478 e. The third-order valence-corrected chi connectivity index (χ3v) is 2.86. The van der Waals surface area contributed by atoms with E-state index in [4.69, 9.17) is 28.3 Å². The molecular formula is C14H10Cl2N2O2. The number of carboxylic acids is 1. The molecule has 0 bridgehead atoms. The van der Waals surface area contributed by atoms with E-state index in [2.05, 4.69) is 10.5 Å². The van der Waals surface area contributed by atoms with Crippen molar-refractivity contribution in [3.63, 3.8) is 0 Å². The first kappa shape index (κ1) is 14.4. The maximum Gasteiger partial charge on any atom is 0.335 e. The van der Waals surface area contributed by atoms with Crippen molar-refractivity contribution in [2.75, 3.05) is 5.43 Å². The Hall–Kier alpha value is -2.04. The standard InChI is InChI=1S/C14H10Cl2N2O2/c15-11-5-9(6-12(16)7-11)8-17-18-13-3-1-10(2-4-13)14(19)20/h1-8,18H,(H,19,20)/b17-8+. The zero-order valence-electron chi connectivity index (χ0n) is 10.2. The minimum atomic E-state index is -0.964. The maximum absolute atomic E-state index is 10.7. The van der Waals surface area contributed by atoms with Crippen molar-refractivity contribution in [2.24, 2.45) is 5.10 Å². The quantitative estimate of drug-likeness (QED) is 0.659. The number of carbonyl (C=O) groups is 1. The number of hydrogen-bond acceptors (Lipinski definition) is 3. The van der Waals surface area contributed by atoms with Gasteiger partial charge in [-0.2, -0.15) is 5.10 Å². The number of hydrazone groups is 1. The highest BCUT2D eigenvalue weighted by atomic mass is 35.5. The largest absolute Gasteiger partial charge is 0.478 e. The average molecular weight is 309 g/mol. The van der Waals surface area contributed by atoms with Gasteiger partial charge in [-0.15, -0.1) is 0 Å². The zero-order chi connectivity index (χ0) is 14.5. The van der Waals surface area contributed by atoms with Gasteiger partial charge >= 0.3 is 5.97 Å². The second-order valence-electron chi connectivity index (χ2n) is 3.96. The van der Waals surface area contributed by atoms with Gasteiger partial charge in [0, 0.05) is 10.0 Å². The number of hydrogen-bond donors (Lipinski definition) is 2. The van der Waals surface area contributed by atoms with Crippen LogP contribution >= 0.6 is 23.2 Å². The molecule has 0 radical (unpaired) electrons. The fraction of sp³-hybridized carbons (Fsp3) is 0. The van der Waals surface area contributed by atoms with Crippen LogP contribution in [0.4, 0.5) is 5.69 Å². The van der Waals surface area contributed by atoms with Crippen molar-refractivity contribution in [1.29, 1.82) is 0 Å². The predicted octanol–water partition coefficient (Wildman–Crippen LogP) is 4.14. The van der Waals surface area contributed by atoms with Crippen LogP contribution in [0.2, 0.25) is 10.0 Å². The molecule has 20 heavy (non-hydrogen) atoms. The molecule has 2 N–H and O–H groups in total. The zero-order valence-corrected chi connectivity index (χ0v) is 11.7. The number of aromatic carboxylic acids is 1. The van der Waals surface area contributed by atoms with Gasteiger partial charge in [0.15, 0.2) is 0 Å². The van der Waals surface area contributed by atoms with Gasteiger partial charge in [-0.3, -0.25) is 5.43 Å². The number of nitrogens with zero attached hydrogens (tertiary/aromatic N) is 1. The van der Waals surface area contributed by atoms with Crippen LogP contribution in [-0.4, -0.2) is 17.3 Å². The lowest BCUT2D eigenvalue weighted by atomic mass is 10.2. The third kappa shape index (κ3) is 3.98. The van der Waals surface area contributed by atoms with Crippen LogP contribution in [0.15, 0.2) is 47.6 Å². The molecule has 0 heterocycles. The van der Waals surface area contributed by atoms with E-state index in [1.807, 2.05) is 0 Å². The lowest BCUT2D eigenvalue weighted by molar-refractivity contribution is 0.0697. The Morgan fingerprint density at radius 2 is 1.70 bits per heavy atom. The molecule has 102 valence electrons. The van der Waals surface area contributed by atoms with Crippen LogP contribution in [0.3, 0.4) is 0 Å². The fourth-order valence-corrected chi connectivity index (χ4v) is 2.06. The molecule has 0 aliphatic heterocycles. The SMILES string of the molecule is O=C(O)c1ccc(N/N=C/c2cc(Cl)cc(Cl)c2)cc1. The van der Waals surface area contributed by atoms with Crippen LogP contribution in [0.5, 0.6) is 0 Å². The van der Waals surface area contributed by atoms with Crippen molar-refractivity contribution < 1.29 is 9.90 Å². The van der Waals surface area contributed by atoms with Gasteiger partial charge in [-0.1, -0.05) is 23.2 Å². The van der Waals surface area contributed by atoms with Gasteiger partial charge in [0.05, 0.1) is 17.5 Å². The van der Waals surface area contributed by atoms with E-state index < -0.39 is 5.97 Å². The molecule has 0 atom stereocenters. The molecule has 6 heteroatoms.